The van der Waals surface area contributed by atoms with E-state index < -0.39 is 6.10 Å². The van der Waals surface area contributed by atoms with Crippen LogP contribution < -0.4 is 4.74 Å². The molecule has 5 nitrogen and oxygen atoms in total. The average molecular weight is 288 g/mol. The van der Waals surface area contributed by atoms with Gasteiger partial charge in [-0.05, 0) is 17.7 Å². The van der Waals surface area contributed by atoms with Crippen LogP contribution in [0.3, 0.4) is 0 Å². The summed E-state index contributed by atoms with van der Waals surface area (Å²) in [5.74, 6) is 2.95. The van der Waals surface area contributed by atoms with Crippen molar-refractivity contribution < 1.29 is 14.6 Å². The Morgan fingerprint density at radius 1 is 1.43 bits per heavy atom. The van der Waals surface area contributed by atoms with Gasteiger partial charge in [0.1, 0.15) is 5.75 Å². The van der Waals surface area contributed by atoms with Crippen molar-refractivity contribution in [2.24, 2.45) is 0 Å². The van der Waals surface area contributed by atoms with Crippen LogP contribution in [0.2, 0.25) is 0 Å². The maximum absolute atomic E-state index is 12.3. The molecule has 1 aliphatic heterocycles. The summed E-state index contributed by atoms with van der Waals surface area (Å²) >= 11 is 0. The van der Waals surface area contributed by atoms with Gasteiger partial charge < -0.3 is 14.7 Å². The van der Waals surface area contributed by atoms with Crippen molar-refractivity contribution in [3.8, 4) is 18.1 Å². The number of aliphatic hydroxyl groups is 1. The third kappa shape index (κ3) is 3.75. The highest BCUT2D eigenvalue weighted by molar-refractivity contribution is 5.82. The standard InChI is InChI=1S/C16H20N2O3/c1-3-7-17-8-10-18(11-9-17)16(20)15(19)13-5-4-6-14(12-13)21-2/h1,4-6,12,15,19H,7-11H2,2H3. The Morgan fingerprint density at radius 3 is 2.76 bits per heavy atom. The zero-order valence-corrected chi connectivity index (χ0v) is 12.2. The topological polar surface area (TPSA) is 53.0 Å². The van der Waals surface area contributed by atoms with Gasteiger partial charge >= 0.3 is 0 Å². The second kappa shape index (κ2) is 7.11. The summed E-state index contributed by atoms with van der Waals surface area (Å²) in [4.78, 5) is 16.1. The minimum Gasteiger partial charge on any atom is -0.497 e. The number of benzene rings is 1. The number of ether oxygens (including phenoxy) is 1. The minimum atomic E-state index is -1.15. The summed E-state index contributed by atoms with van der Waals surface area (Å²) in [7, 11) is 1.55. The van der Waals surface area contributed by atoms with E-state index in [1.54, 1.807) is 36.3 Å². The van der Waals surface area contributed by atoms with Crippen molar-refractivity contribution in [2.75, 3.05) is 39.8 Å². The molecule has 1 unspecified atom stereocenters. The molecular weight excluding hydrogens is 268 g/mol. The number of hydrogen-bond acceptors (Lipinski definition) is 4. The van der Waals surface area contributed by atoms with E-state index >= 15 is 0 Å². The van der Waals surface area contributed by atoms with Crippen molar-refractivity contribution in [3.63, 3.8) is 0 Å². The van der Waals surface area contributed by atoms with E-state index in [0.29, 0.717) is 30.9 Å². The van der Waals surface area contributed by atoms with E-state index in [2.05, 4.69) is 10.8 Å². The molecule has 0 saturated carbocycles. The first-order valence-corrected chi connectivity index (χ1v) is 6.92. The molecular formula is C16H20N2O3. The van der Waals surface area contributed by atoms with Gasteiger partial charge in [0.05, 0.1) is 13.7 Å². The zero-order chi connectivity index (χ0) is 15.2. The van der Waals surface area contributed by atoms with Gasteiger partial charge in [-0.25, -0.2) is 0 Å². The largest absolute Gasteiger partial charge is 0.497 e. The first-order valence-electron chi connectivity index (χ1n) is 6.92. The van der Waals surface area contributed by atoms with Gasteiger partial charge in [-0.1, -0.05) is 18.1 Å². The molecule has 1 fully saturated rings. The molecule has 0 spiro atoms. The van der Waals surface area contributed by atoms with Crippen LogP contribution in [0, 0.1) is 12.3 Å². The molecule has 1 aromatic carbocycles. The molecule has 0 radical (unpaired) electrons. The number of carbonyl (C=O) groups is 1. The van der Waals surface area contributed by atoms with Crippen LogP contribution in [0.1, 0.15) is 11.7 Å². The molecule has 1 amide bonds. The lowest BCUT2D eigenvalue weighted by molar-refractivity contribution is -0.142. The van der Waals surface area contributed by atoms with E-state index in [0.717, 1.165) is 13.1 Å². The third-order valence-corrected chi connectivity index (χ3v) is 3.64. The van der Waals surface area contributed by atoms with Crippen molar-refractivity contribution >= 4 is 5.91 Å². The van der Waals surface area contributed by atoms with Crippen LogP contribution in [0.4, 0.5) is 0 Å². The summed E-state index contributed by atoms with van der Waals surface area (Å²) < 4.78 is 5.11. The fourth-order valence-electron chi connectivity index (χ4n) is 2.38. The number of hydrogen-bond donors (Lipinski definition) is 1. The van der Waals surface area contributed by atoms with E-state index in [4.69, 9.17) is 11.2 Å². The number of methoxy groups -OCH3 is 1. The Bertz CT molecular complexity index is 531. The number of nitrogens with zero attached hydrogens (tertiary/aromatic N) is 2. The molecule has 1 heterocycles. The average Bonchev–Trinajstić information content (AvgIpc) is 2.54. The van der Waals surface area contributed by atoms with Gasteiger partial charge in [0.25, 0.3) is 5.91 Å². The predicted molar refractivity (Wildman–Crippen MR) is 79.8 cm³/mol. The van der Waals surface area contributed by atoms with Gasteiger partial charge in [-0.15, -0.1) is 6.42 Å². The summed E-state index contributed by atoms with van der Waals surface area (Å²) in [6.07, 6.45) is 4.13. The fraction of sp³-hybridized carbons (Fsp3) is 0.438. The van der Waals surface area contributed by atoms with Crippen LogP contribution in [0.5, 0.6) is 5.75 Å². The lowest BCUT2D eigenvalue weighted by atomic mass is 10.1. The summed E-state index contributed by atoms with van der Waals surface area (Å²) in [6, 6.07) is 6.94. The molecule has 5 heteroatoms. The monoisotopic (exact) mass is 288 g/mol. The van der Waals surface area contributed by atoms with E-state index in [-0.39, 0.29) is 5.91 Å². The smallest absolute Gasteiger partial charge is 0.256 e. The third-order valence-electron chi connectivity index (χ3n) is 3.64. The molecule has 2 rings (SSSR count). The fourth-order valence-corrected chi connectivity index (χ4v) is 2.38. The second-order valence-corrected chi connectivity index (χ2v) is 4.98. The lowest BCUT2D eigenvalue weighted by Gasteiger charge is -2.34. The highest BCUT2D eigenvalue weighted by Crippen LogP contribution is 2.21. The molecule has 112 valence electrons. The number of aliphatic hydroxyl groups excluding tert-OH is 1. The summed E-state index contributed by atoms with van der Waals surface area (Å²) in [5, 5.41) is 10.2. The molecule has 0 aromatic heterocycles. The predicted octanol–water partition coefficient (Wildman–Crippen LogP) is 0.506. The summed E-state index contributed by atoms with van der Waals surface area (Å²) in [6.45, 7) is 3.24. The van der Waals surface area contributed by atoms with Crippen molar-refractivity contribution in [1.82, 2.24) is 9.80 Å². The normalized spacial score (nSPS) is 17.1. The number of amides is 1. The van der Waals surface area contributed by atoms with Crippen molar-refractivity contribution in [2.45, 2.75) is 6.10 Å². The van der Waals surface area contributed by atoms with Crippen LogP contribution in [-0.4, -0.2) is 60.6 Å². The van der Waals surface area contributed by atoms with Gasteiger partial charge in [-0.3, -0.25) is 9.69 Å². The molecule has 1 N–H and O–H groups in total. The van der Waals surface area contributed by atoms with Gasteiger partial charge in [-0.2, -0.15) is 0 Å². The SMILES string of the molecule is C#CCN1CCN(C(=O)C(O)c2cccc(OC)c2)CC1. The maximum atomic E-state index is 12.3. The molecule has 1 aliphatic rings. The first kappa shape index (κ1) is 15.4. The first-order chi connectivity index (χ1) is 10.2. The molecule has 1 saturated heterocycles. The Morgan fingerprint density at radius 2 is 2.14 bits per heavy atom. The Hall–Kier alpha value is -2.03. The van der Waals surface area contributed by atoms with E-state index in [9.17, 15) is 9.90 Å². The number of terminal acetylenes is 1. The van der Waals surface area contributed by atoms with Crippen molar-refractivity contribution in [1.29, 1.82) is 0 Å². The second-order valence-electron chi connectivity index (χ2n) is 4.98. The van der Waals surface area contributed by atoms with Crippen LogP contribution in [0.25, 0.3) is 0 Å². The highest BCUT2D eigenvalue weighted by Gasteiger charge is 2.27. The molecule has 0 bridgehead atoms. The number of rotatable bonds is 4. The van der Waals surface area contributed by atoms with E-state index in [1.807, 2.05) is 0 Å². The molecule has 21 heavy (non-hydrogen) atoms. The maximum Gasteiger partial charge on any atom is 0.256 e. The lowest BCUT2D eigenvalue weighted by Crippen LogP contribution is -2.50. The number of carbonyl (C=O) groups excluding carboxylic acids is 1. The zero-order valence-electron chi connectivity index (χ0n) is 12.2. The van der Waals surface area contributed by atoms with Gasteiger partial charge in [0.2, 0.25) is 0 Å². The summed E-state index contributed by atoms with van der Waals surface area (Å²) in [5.41, 5.74) is 0.547. The highest BCUT2D eigenvalue weighted by atomic mass is 16.5. The Balaban J connectivity index is 1.98. The van der Waals surface area contributed by atoms with Gasteiger partial charge in [0.15, 0.2) is 6.10 Å². The molecule has 1 aromatic rings. The van der Waals surface area contributed by atoms with Gasteiger partial charge in [0, 0.05) is 26.2 Å². The quantitative estimate of drug-likeness (QED) is 0.820. The van der Waals surface area contributed by atoms with Crippen LogP contribution in [-0.2, 0) is 4.79 Å². The van der Waals surface area contributed by atoms with Crippen molar-refractivity contribution in [3.05, 3.63) is 29.8 Å². The number of piperazine rings is 1. The minimum absolute atomic E-state index is 0.274. The molecule has 0 aliphatic carbocycles. The molecule has 1 atom stereocenters. The van der Waals surface area contributed by atoms with Crippen LogP contribution in [0.15, 0.2) is 24.3 Å². The van der Waals surface area contributed by atoms with E-state index in [1.165, 1.54) is 0 Å². The Kier molecular flexibility index (Phi) is 5.20. The Labute approximate surface area is 125 Å². The van der Waals surface area contributed by atoms with Crippen LogP contribution >= 0.6 is 0 Å².